The highest BCUT2D eigenvalue weighted by Gasteiger charge is 2.48. The molecule has 3 fully saturated rings. The molecule has 3 aliphatic rings. The van der Waals surface area contributed by atoms with Crippen LogP contribution in [0.5, 0.6) is 0 Å². The molecule has 0 amide bonds. The van der Waals surface area contributed by atoms with Crippen LogP contribution in [0.2, 0.25) is 36.3 Å². The largest absolute Gasteiger partial charge is 0.459 e. The molecule has 5 unspecified atom stereocenters. The lowest BCUT2D eigenvalue weighted by Gasteiger charge is -2.39. The maximum absolute atomic E-state index is 12.7. The Kier molecular flexibility index (Phi) is 28.2. The predicted molar refractivity (Wildman–Crippen MR) is 306 cm³/mol. The lowest BCUT2D eigenvalue weighted by atomic mass is 9.94. The third-order valence-corrected chi connectivity index (χ3v) is 29.9. The molecule has 3 aliphatic heterocycles. The molecule has 0 aromatic rings. The molecular formula is C48H95B3N2O14P4Si2. The SMILES string of the molecule is [B][C@@H]1O[C@H](/C=C/P(C)(C)=O)C[C@@H]1O[Si](C)(C)C(C)(C)C.[B][C@@H]1O[C@H](C(O)C(O)P(C)(C)=O)C[C@@H]1O[Si](C)(C)C(C)(C)C.[B][C@@H]1O[C@H](C(OC(C)=O)C(C)P(C)(C)=O)C[C@@H]1OP(OCCC#N)N(C(C)C)C(C)C. The van der Waals surface area contributed by atoms with E-state index in [1.165, 1.54) is 20.3 Å². The number of ether oxygens (including phenoxy) is 4. The number of rotatable bonds is 21. The second kappa shape index (κ2) is 29.0. The highest BCUT2D eigenvalue weighted by Crippen LogP contribution is 2.51. The van der Waals surface area contributed by atoms with Crippen LogP contribution < -0.4 is 0 Å². The van der Waals surface area contributed by atoms with Gasteiger partial charge in [0.1, 0.15) is 55.9 Å². The fraction of sp³-hybridized carbons (Fsp3) is 0.917. The fourth-order valence-corrected chi connectivity index (χ4v) is 14.3. The quantitative estimate of drug-likeness (QED) is 0.0474. The van der Waals surface area contributed by atoms with Gasteiger partial charge in [0.25, 0.3) is 8.53 Å². The van der Waals surface area contributed by atoms with Crippen LogP contribution >= 0.6 is 30.0 Å². The standard InChI is InChI=1S/C20H37BN2O6P2.C14H30BO5PSi.C14H28BO3PSi/c1-13(2)23(14(3)4)30(26-11-9-10-22)29-18-12-17(28-20(18)21)19(27-16(6)24)15(5)31(7,8)25;1-14(2,3)22(6,7)20-10-8-9(19-12(10)15)11(16)13(17)21(4,5)18;1-14(2,3)20(6,7)18-12-10-11(17-13(12)15)8-9-19(4,5)16/h13-15,17-20H,9,11-12H2,1-8H3;9-13,16-17H,8H2,1-7H3;8-9,11-13H,10H2,1-7H3/b;;9-8+/t15?,17-,18-,19?,20+,30?;9-,10-,11?,12+,13?;11-,12+,13-/m001/s1. The van der Waals surface area contributed by atoms with E-state index in [4.69, 9.17) is 65.6 Å². The first-order valence-corrected chi connectivity index (χ1v) is 40.4. The van der Waals surface area contributed by atoms with Gasteiger partial charge < -0.3 is 60.8 Å². The van der Waals surface area contributed by atoms with Gasteiger partial charge in [-0.2, -0.15) is 5.26 Å². The molecule has 2 N–H and O–H groups in total. The zero-order valence-electron chi connectivity index (χ0n) is 48.6. The van der Waals surface area contributed by atoms with E-state index in [0.717, 1.165) is 6.42 Å². The normalized spacial score (nSPS) is 27.7. The molecule has 0 saturated carbocycles. The van der Waals surface area contributed by atoms with E-state index >= 15 is 0 Å². The van der Waals surface area contributed by atoms with Gasteiger partial charge in [0.15, 0.2) is 16.6 Å². The predicted octanol–water partition coefficient (Wildman–Crippen LogP) is 9.63. The van der Waals surface area contributed by atoms with Crippen molar-refractivity contribution >= 4 is 76.1 Å². The molecule has 3 saturated heterocycles. The van der Waals surface area contributed by atoms with Gasteiger partial charge in [0.2, 0.25) is 0 Å². The second-order valence-corrected chi connectivity index (χ2v) is 45.7. The Morgan fingerprint density at radius 2 is 1.21 bits per heavy atom. The molecular weight excluding hydrogens is 1040 g/mol. The van der Waals surface area contributed by atoms with E-state index < -0.39 is 107 Å². The van der Waals surface area contributed by atoms with Crippen LogP contribution in [0.15, 0.2) is 11.9 Å². The van der Waals surface area contributed by atoms with E-state index in [1.807, 2.05) is 6.08 Å². The first-order chi connectivity index (χ1) is 32.8. The van der Waals surface area contributed by atoms with E-state index in [9.17, 15) is 28.7 Å². The van der Waals surface area contributed by atoms with Crippen molar-refractivity contribution in [2.45, 2.75) is 235 Å². The van der Waals surface area contributed by atoms with Crippen molar-refractivity contribution in [3.63, 3.8) is 0 Å². The van der Waals surface area contributed by atoms with Gasteiger partial charge in [-0.15, -0.1) is 0 Å². The van der Waals surface area contributed by atoms with E-state index in [1.54, 1.807) is 39.4 Å². The van der Waals surface area contributed by atoms with Crippen molar-refractivity contribution in [3.8, 4) is 6.07 Å². The summed E-state index contributed by atoms with van der Waals surface area (Å²) in [6.07, 6.45) is -0.419. The summed E-state index contributed by atoms with van der Waals surface area (Å²) in [5.74, 6) is -0.0185. The lowest BCUT2D eigenvalue weighted by Crippen LogP contribution is -2.46. The summed E-state index contributed by atoms with van der Waals surface area (Å²) in [5, 5.41) is 29.3. The summed E-state index contributed by atoms with van der Waals surface area (Å²) < 4.78 is 85.9. The smallest absolute Gasteiger partial charge is 0.303 e. The van der Waals surface area contributed by atoms with Crippen molar-refractivity contribution in [2.24, 2.45) is 0 Å². The average Bonchev–Trinajstić information content (AvgIpc) is 3.87. The summed E-state index contributed by atoms with van der Waals surface area (Å²) in [4.78, 5) is 11.7. The van der Waals surface area contributed by atoms with Gasteiger partial charge in [0, 0.05) is 61.9 Å². The highest BCUT2D eigenvalue weighted by molar-refractivity contribution is 7.65. The van der Waals surface area contributed by atoms with E-state index in [-0.39, 0.29) is 59.2 Å². The number of nitrogens with zero attached hydrogens (tertiary/aromatic N) is 2. The number of hydrogen-bond acceptors (Lipinski definition) is 16. The first kappa shape index (κ1) is 71.1. The van der Waals surface area contributed by atoms with Gasteiger partial charge in [-0.1, -0.05) is 54.5 Å². The van der Waals surface area contributed by atoms with Gasteiger partial charge in [-0.25, -0.2) is 4.67 Å². The van der Waals surface area contributed by atoms with E-state index in [0.29, 0.717) is 12.8 Å². The van der Waals surface area contributed by atoms with Crippen LogP contribution in [0.25, 0.3) is 0 Å². The van der Waals surface area contributed by atoms with Gasteiger partial charge in [-0.05, 0) is 110 Å². The highest BCUT2D eigenvalue weighted by atomic mass is 31.2. The van der Waals surface area contributed by atoms with Crippen LogP contribution in [0.4, 0.5) is 0 Å². The monoisotopic (exact) mass is 1140 g/mol. The molecule has 73 heavy (non-hydrogen) atoms. The number of nitriles is 1. The molecule has 0 spiro atoms. The molecule has 0 aliphatic carbocycles. The number of aliphatic hydroxyl groups is 2. The Labute approximate surface area is 449 Å². The van der Waals surface area contributed by atoms with Crippen molar-refractivity contribution in [1.29, 1.82) is 5.26 Å². The van der Waals surface area contributed by atoms with Crippen LogP contribution in [0, 0.1) is 11.3 Å². The number of esters is 1. The van der Waals surface area contributed by atoms with Gasteiger partial charge >= 0.3 is 5.97 Å². The number of carbonyl (C=O) groups excluding carboxylic acids is 1. The van der Waals surface area contributed by atoms with E-state index in [2.05, 4.69) is 106 Å². The number of aliphatic hydroxyl groups excluding tert-OH is 2. The Bertz CT molecular complexity index is 1930. The minimum atomic E-state index is -2.82. The summed E-state index contributed by atoms with van der Waals surface area (Å²) >= 11 is 0. The Hall–Kier alpha value is 0.0486. The van der Waals surface area contributed by atoms with Crippen LogP contribution in [-0.4, -0.2) is 198 Å². The Morgan fingerprint density at radius 3 is 1.62 bits per heavy atom. The molecule has 16 nitrogen and oxygen atoms in total. The maximum atomic E-state index is 12.7. The zero-order valence-corrected chi connectivity index (χ0v) is 54.1. The molecule has 418 valence electrons. The molecule has 6 radical (unpaired) electrons. The van der Waals surface area contributed by atoms with Crippen LogP contribution in [0.1, 0.15) is 109 Å². The minimum Gasteiger partial charge on any atom is -0.459 e. The van der Waals surface area contributed by atoms with Crippen molar-refractivity contribution < 1.29 is 65.5 Å². The maximum Gasteiger partial charge on any atom is 0.303 e. The summed E-state index contributed by atoms with van der Waals surface area (Å²) in [6, 6.07) is 0.604. The third kappa shape index (κ3) is 23.3. The Morgan fingerprint density at radius 1 is 0.767 bits per heavy atom. The van der Waals surface area contributed by atoms with Crippen molar-refractivity contribution in [2.75, 3.05) is 46.6 Å². The molecule has 0 aromatic heterocycles. The number of carbonyl (C=O) groups is 1. The molecule has 14 atom stereocenters. The Balaban J connectivity index is 0.000000565. The van der Waals surface area contributed by atoms with Gasteiger partial charge in [0.05, 0.1) is 62.9 Å². The first-order valence-electron chi connectivity index (χ1n) is 25.5. The van der Waals surface area contributed by atoms with Crippen molar-refractivity contribution in [3.05, 3.63) is 11.9 Å². The molecule has 0 bridgehead atoms. The topological polar surface area (TPSA) is 210 Å². The molecule has 3 rings (SSSR count). The summed E-state index contributed by atoms with van der Waals surface area (Å²) in [7, 11) is 5.39. The number of hydrogen-bond donors (Lipinski definition) is 2. The second-order valence-electron chi connectivity index (χ2n) is 24.5. The zero-order chi connectivity index (χ0) is 57.2. The summed E-state index contributed by atoms with van der Waals surface area (Å²) in [5.41, 5.74) is -0.386. The minimum absolute atomic E-state index is 0.0471. The fourth-order valence-electron chi connectivity index (χ4n) is 7.43. The molecule has 25 heteroatoms. The van der Waals surface area contributed by atoms with Gasteiger partial charge in [-0.3, -0.25) is 4.79 Å². The average molecular weight is 1140 g/mol. The third-order valence-electron chi connectivity index (χ3n) is 14.0. The lowest BCUT2D eigenvalue weighted by molar-refractivity contribution is -0.153. The van der Waals surface area contributed by atoms with Crippen LogP contribution in [-0.2, 0) is 55.3 Å². The van der Waals surface area contributed by atoms with Crippen molar-refractivity contribution in [1.82, 2.24) is 4.67 Å². The molecule has 0 aromatic carbocycles. The summed E-state index contributed by atoms with van der Waals surface area (Å²) in [6.45, 7) is 43.0. The van der Waals surface area contributed by atoms with Crippen LogP contribution in [0.3, 0.4) is 0 Å². The molecule has 3 heterocycles.